The van der Waals surface area contributed by atoms with Crippen molar-refractivity contribution in [2.24, 2.45) is 7.05 Å². The molecule has 0 saturated carbocycles. The van der Waals surface area contributed by atoms with Crippen molar-refractivity contribution < 1.29 is 4.79 Å². The average Bonchev–Trinajstić information content (AvgIpc) is 2.89. The number of rotatable bonds is 8. The third kappa shape index (κ3) is 5.61. The zero-order valence-corrected chi connectivity index (χ0v) is 21.6. The Labute approximate surface area is 216 Å². The van der Waals surface area contributed by atoms with Crippen molar-refractivity contribution in [3.63, 3.8) is 0 Å². The van der Waals surface area contributed by atoms with E-state index in [2.05, 4.69) is 35.4 Å². The number of carbonyl (C=O) groups is 1. The summed E-state index contributed by atoms with van der Waals surface area (Å²) < 4.78 is 1.60. The zero-order valence-electron chi connectivity index (χ0n) is 20.8. The Balaban J connectivity index is 1.61. The molecule has 0 aliphatic carbocycles. The van der Waals surface area contributed by atoms with Gasteiger partial charge in [0.05, 0.1) is 6.54 Å². The summed E-state index contributed by atoms with van der Waals surface area (Å²) >= 11 is 6.31. The summed E-state index contributed by atoms with van der Waals surface area (Å²) in [5, 5.41) is 7.75. The standard InChI is InChI=1S/C29H31ClN4O2/c1-4-34(5-2)19-20-10-9-13-23(16-20)32-29(36)31-18-26-27(21-11-7-6-8-12-21)25-17-22(30)14-15-24(25)28(35)33(26)3/h6-17H,4-5,18-19H2,1-3H3,(H2,31,32,36). The largest absolute Gasteiger partial charge is 0.332 e. The van der Waals surface area contributed by atoms with Crippen molar-refractivity contribution >= 4 is 34.1 Å². The number of benzene rings is 3. The molecule has 0 saturated heterocycles. The summed E-state index contributed by atoms with van der Waals surface area (Å²) in [7, 11) is 1.73. The Morgan fingerprint density at radius 3 is 2.42 bits per heavy atom. The molecule has 4 aromatic rings. The maximum atomic E-state index is 13.1. The van der Waals surface area contributed by atoms with Gasteiger partial charge in [0.1, 0.15) is 0 Å². The molecule has 0 aliphatic rings. The predicted octanol–water partition coefficient (Wildman–Crippen LogP) is 6.02. The number of hydrogen-bond acceptors (Lipinski definition) is 3. The van der Waals surface area contributed by atoms with E-state index in [1.165, 1.54) is 0 Å². The van der Waals surface area contributed by atoms with E-state index in [1.54, 1.807) is 23.7 Å². The predicted molar refractivity (Wildman–Crippen MR) is 149 cm³/mol. The fourth-order valence-corrected chi connectivity index (χ4v) is 4.63. The fourth-order valence-electron chi connectivity index (χ4n) is 4.46. The molecular formula is C29H31ClN4O2. The Morgan fingerprint density at radius 2 is 1.69 bits per heavy atom. The van der Waals surface area contributed by atoms with Crippen LogP contribution in [0.2, 0.25) is 5.02 Å². The maximum Gasteiger partial charge on any atom is 0.319 e. The van der Waals surface area contributed by atoms with E-state index in [1.807, 2.05) is 54.6 Å². The van der Waals surface area contributed by atoms with Crippen LogP contribution in [0.3, 0.4) is 0 Å². The first-order chi connectivity index (χ1) is 17.4. The number of urea groups is 1. The van der Waals surface area contributed by atoms with Gasteiger partial charge in [0, 0.05) is 40.9 Å². The second-order valence-electron chi connectivity index (χ2n) is 8.71. The summed E-state index contributed by atoms with van der Waals surface area (Å²) in [6.07, 6.45) is 0. The molecule has 0 fully saturated rings. The topological polar surface area (TPSA) is 66.4 Å². The SMILES string of the molecule is CCN(CC)Cc1cccc(NC(=O)NCc2c(-c3ccccc3)c3cc(Cl)ccc3c(=O)n2C)c1. The van der Waals surface area contributed by atoms with Crippen LogP contribution in [-0.2, 0) is 20.1 Å². The molecule has 2 N–H and O–H groups in total. The first-order valence-corrected chi connectivity index (χ1v) is 12.5. The van der Waals surface area contributed by atoms with Gasteiger partial charge >= 0.3 is 6.03 Å². The molecule has 4 rings (SSSR count). The number of nitrogens with zero attached hydrogens (tertiary/aromatic N) is 2. The van der Waals surface area contributed by atoms with Crippen LogP contribution in [0.1, 0.15) is 25.1 Å². The summed E-state index contributed by atoms with van der Waals surface area (Å²) in [6.45, 7) is 7.20. The number of pyridine rings is 1. The number of amides is 2. The third-order valence-electron chi connectivity index (χ3n) is 6.44. The molecular weight excluding hydrogens is 472 g/mol. The second kappa shape index (κ2) is 11.4. The van der Waals surface area contributed by atoms with E-state index >= 15 is 0 Å². The molecule has 1 aromatic heterocycles. The lowest BCUT2D eigenvalue weighted by molar-refractivity contribution is 0.251. The number of nitrogens with one attached hydrogen (secondary N) is 2. The molecule has 6 nitrogen and oxygen atoms in total. The van der Waals surface area contributed by atoms with Crippen LogP contribution in [-0.4, -0.2) is 28.6 Å². The Hall–Kier alpha value is -3.61. The molecule has 7 heteroatoms. The lowest BCUT2D eigenvalue weighted by Crippen LogP contribution is -2.32. The van der Waals surface area contributed by atoms with Crippen LogP contribution in [0.4, 0.5) is 10.5 Å². The molecule has 186 valence electrons. The molecule has 36 heavy (non-hydrogen) atoms. The summed E-state index contributed by atoms with van der Waals surface area (Å²) in [6, 6.07) is 22.6. The fraction of sp³-hybridized carbons (Fsp3) is 0.241. The number of halogens is 1. The molecule has 3 aromatic carbocycles. The highest BCUT2D eigenvalue weighted by Crippen LogP contribution is 2.32. The normalized spacial score (nSPS) is 11.1. The van der Waals surface area contributed by atoms with Crippen molar-refractivity contribution in [2.45, 2.75) is 26.9 Å². The van der Waals surface area contributed by atoms with Gasteiger partial charge in [-0.3, -0.25) is 9.69 Å². The molecule has 0 spiro atoms. The van der Waals surface area contributed by atoms with E-state index in [9.17, 15) is 9.59 Å². The summed E-state index contributed by atoms with van der Waals surface area (Å²) in [4.78, 5) is 28.3. The molecule has 0 radical (unpaired) electrons. The number of aromatic nitrogens is 1. The van der Waals surface area contributed by atoms with E-state index in [-0.39, 0.29) is 18.1 Å². The van der Waals surface area contributed by atoms with Crippen molar-refractivity contribution in [1.29, 1.82) is 0 Å². The minimum absolute atomic E-state index is 0.136. The number of anilines is 1. The molecule has 0 aliphatic heterocycles. The van der Waals surface area contributed by atoms with Crippen LogP contribution >= 0.6 is 11.6 Å². The van der Waals surface area contributed by atoms with Crippen LogP contribution < -0.4 is 16.2 Å². The maximum absolute atomic E-state index is 13.1. The van der Waals surface area contributed by atoms with Crippen molar-refractivity contribution in [3.05, 3.63) is 99.4 Å². The van der Waals surface area contributed by atoms with Gasteiger partial charge in [-0.2, -0.15) is 0 Å². The van der Waals surface area contributed by atoms with Gasteiger partial charge in [-0.15, -0.1) is 0 Å². The van der Waals surface area contributed by atoms with E-state index < -0.39 is 0 Å². The van der Waals surface area contributed by atoms with Gasteiger partial charge in [0.15, 0.2) is 0 Å². The minimum Gasteiger partial charge on any atom is -0.332 e. The van der Waals surface area contributed by atoms with Gasteiger partial charge in [-0.1, -0.05) is 67.9 Å². The lowest BCUT2D eigenvalue weighted by atomic mass is 9.96. The number of carbonyl (C=O) groups excluding carboxylic acids is 1. The van der Waals surface area contributed by atoms with E-state index in [0.717, 1.165) is 47.4 Å². The zero-order chi connectivity index (χ0) is 25.7. The quantitative estimate of drug-likeness (QED) is 0.309. The average molecular weight is 503 g/mol. The second-order valence-corrected chi connectivity index (χ2v) is 9.15. The smallest absolute Gasteiger partial charge is 0.319 e. The van der Waals surface area contributed by atoms with Gasteiger partial charge < -0.3 is 15.2 Å². The number of hydrogen-bond donors (Lipinski definition) is 2. The first-order valence-electron chi connectivity index (χ1n) is 12.1. The van der Waals surface area contributed by atoms with Crippen molar-refractivity contribution in [1.82, 2.24) is 14.8 Å². The summed E-state index contributed by atoms with van der Waals surface area (Å²) in [5.74, 6) is 0. The third-order valence-corrected chi connectivity index (χ3v) is 6.68. The van der Waals surface area contributed by atoms with Crippen LogP contribution in [0.5, 0.6) is 0 Å². The molecule has 0 atom stereocenters. The minimum atomic E-state index is -0.340. The van der Waals surface area contributed by atoms with Gasteiger partial charge in [-0.25, -0.2) is 4.79 Å². The molecule has 0 bridgehead atoms. The Bertz CT molecular complexity index is 1430. The van der Waals surface area contributed by atoms with Crippen molar-refractivity contribution in [3.8, 4) is 11.1 Å². The monoisotopic (exact) mass is 502 g/mol. The highest BCUT2D eigenvalue weighted by atomic mass is 35.5. The summed E-state index contributed by atoms with van der Waals surface area (Å²) in [5.41, 5.74) is 4.24. The number of fused-ring (bicyclic) bond motifs is 1. The highest BCUT2D eigenvalue weighted by molar-refractivity contribution is 6.31. The van der Waals surface area contributed by atoms with Crippen molar-refractivity contribution in [2.75, 3.05) is 18.4 Å². The van der Waals surface area contributed by atoms with Gasteiger partial charge in [-0.05, 0) is 59.9 Å². The van der Waals surface area contributed by atoms with Crippen LogP contribution in [0.15, 0.2) is 77.6 Å². The lowest BCUT2D eigenvalue weighted by Gasteiger charge is -2.19. The van der Waals surface area contributed by atoms with E-state index in [0.29, 0.717) is 16.1 Å². The van der Waals surface area contributed by atoms with Gasteiger partial charge in [0.25, 0.3) is 5.56 Å². The highest BCUT2D eigenvalue weighted by Gasteiger charge is 2.17. The van der Waals surface area contributed by atoms with Gasteiger partial charge in [0.2, 0.25) is 0 Å². The van der Waals surface area contributed by atoms with Crippen LogP contribution in [0, 0.1) is 0 Å². The molecule has 2 amide bonds. The molecule has 1 heterocycles. The Kier molecular flexibility index (Phi) is 8.08. The van der Waals surface area contributed by atoms with E-state index in [4.69, 9.17) is 11.6 Å². The van der Waals surface area contributed by atoms with Crippen LogP contribution in [0.25, 0.3) is 21.9 Å². The molecule has 0 unspecified atom stereocenters. The first kappa shape index (κ1) is 25.5. The Morgan fingerprint density at radius 1 is 0.944 bits per heavy atom.